The number of hydrogen-bond donors (Lipinski definition) is 5. The Balaban J connectivity index is 1.40. The lowest BCUT2D eigenvalue weighted by Crippen LogP contribution is -2.32. The highest BCUT2D eigenvalue weighted by molar-refractivity contribution is 7.92. The van der Waals surface area contributed by atoms with Gasteiger partial charge in [0, 0.05) is 18.8 Å². The highest BCUT2D eigenvalue weighted by Crippen LogP contribution is 2.32. The summed E-state index contributed by atoms with van der Waals surface area (Å²) in [6, 6.07) is 18.0. The van der Waals surface area contributed by atoms with Crippen LogP contribution in [0.4, 0.5) is 11.4 Å². The van der Waals surface area contributed by atoms with E-state index in [2.05, 4.69) is 15.4 Å². The number of carbonyl (C=O) groups excluding carboxylic acids is 2. The number of rotatable bonds is 11. The summed E-state index contributed by atoms with van der Waals surface area (Å²) in [6.45, 7) is 2.69. The number of amides is 1. The Kier molecular flexibility index (Phi) is 9.08. The Bertz CT molecular complexity index is 1510. The largest absolute Gasteiger partial charge is 0.506 e. The van der Waals surface area contributed by atoms with Crippen molar-refractivity contribution in [1.82, 2.24) is 5.32 Å². The molecule has 3 aromatic rings. The first-order valence-corrected chi connectivity index (χ1v) is 14.8. The second-order valence-electron chi connectivity index (χ2n) is 9.77. The molecule has 0 aromatic heterocycles. The van der Waals surface area contributed by atoms with E-state index in [0.29, 0.717) is 18.5 Å². The Morgan fingerprint density at radius 1 is 1.12 bits per heavy atom. The van der Waals surface area contributed by atoms with E-state index in [4.69, 9.17) is 4.74 Å². The van der Waals surface area contributed by atoms with Crippen molar-refractivity contribution in [2.24, 2.45) is 5.92 Å². The number of aliphatic hydroxyl groups excluding tert-OH is 1. The van der Waals surface area contributed by atoms with E-state index in [1.807, 2.05) is 42.5 Å². The van der Waals surface area contributed by atoms with E-state index in [0.717, 1.165) is 34.2 Å². The van der Waals surface area contributed by atoms with Crippen LogP contribution in [0.3, 0.4) is 0 Å². The molecule has 0 spiro atoms. The second-order valence-corrected chi connectivity index (χ2v) is 11.5. The molecule has 11 heteroatoms. The maximum Gasteiger partial charge on any atom is 0.306 e. The number of aromatic hydroxyl groups is 1. The van der Waals surface area contributed by atoms with Gasteiger partial charge < -0.3 is 25.6 Å². The molecular formula is C29H33N3O7S. The number of aliphatic hydroxyl groups is 1. The summed E-state index contributed by atoms with van der Waals surface area (Å²) in [6.07, 6.45) is 0.542. The molecule has 1 aliphatic rings. The molecule has 212 valence electrons. The van der Waals surface area contributed by atoms with Gasteiger partial charge in [-0.25, -0.2) is 8.42 Å². The maximum atomic E-state index is 12.4. The van der Waals surface area contributed by atoms with Crippen molar-refractivity contribution in [2.75, 3.05) is 29.4 Å². The number of phenols is 1. The van der Waals surface area contributed by atoms with Crippen LogP contribution in [0.5, 0.6) is 5.75 Å². The van der Waals surface area contributed by atoms with Gasteiger partial charge in [-0.2, -0.15) is 0 Å². The van der Waals surface area contributed by atoms with Crippen molar-refractivity contribution in [1.29, 1.82) is 0 Å². The first-order chi connectivity index (χ1) is 19.0. The molecule has 0 fully saturated rings. The number of nitrogens with one attached hydrogen (secondary N) is 3. The molecule has 5 N–H and O–H groups in total. The van der Waals surface area contributed by atoms with Gasteiger partial charge in [-0.15, -0.1) is 0 Å². The zero-order chi connectivity index (χ0) is 28.9. The highest BCUT2D eigenvalue weighted by atomic mass is 32.2. The molecule has 3 aromatic carbocycles. The second kappa shape index (κ2) is 12.5. The molecule has 2 unspecified atom stereocenters. The number of esters is 1. The molecule has 0 saturated heterocycles. The third-order valence-electron chi connectivity index (χ3n) is 6.55. The van der Waals surface area contributed by atoms with E-state index < -0.39 is 22.0 Å². The van der Waals surface area contributed by atoms with E-state index in [9.17, 15) is 28.2 Å². The highest BCUT2D eigenvalue weighted by Gasteiger charge is 2.29. The van der Waals surface area contributed by atoms with Gasteiger partial charge in [0.2, 0.25) is 15.9 Å². The maximum absolute atomic E-state index is 12.4. The number of benzene rings is 3. The summed E-state index contributed by atoms with van der Waals surface area (Å²) in [4.78, 5) is 24.4. The van der Waals surface area contributed by atoms with E-state index in [1.54, 1.807) is 6.92 Å². The number of carbonyl (C=O) groups is 2. The standard InChI is InChI=1S/C29H33N3O7S/c1-3-39-28(35)15-23-13-22-12-20(7-9-24(22)31-29(23)36)19-6-4-5-18(11-19)16-30-17-27(34)21-8-10-26(33)25(14-21)32-40(2,37)38/h4-12,14,23,27,30,32-34H,3,13,15-17H2,1-2H3,(H,31,36). The summed E-state index contributed by atoms with van der Waals surface area (Å²) in [5.74, 6) is -1.27. The molecule has 1 heterocycles. The smallest absolute Gasteiger partial charge is 0.306 e. The zero-order valence-electron chi connectivity index (χ0n) is 22.3. The van der Waals surface area contributed by atoms with Crippen LogP contribution >= 0.6 is 0 Å². The van der Waals surface area contributed by atoms with Gasteiger partial charge in [-0.1, -0.05) is 30.3 Å². The molecule has 10 nitrogen and oxygen atoms in total. The Hall–Kier alpha value is -3.93. The summed E-state index contributed by atoms with van der Waals surface area (Å²) in [7, 11) is -3.58. The summed E-state index contributed by atoms with van der Waals surface area (Å²) < 4.78 is 30.3. The lowest BCUT2D eigenvalue weighted by atomic mass is 9.88. The molecule has 0 radical (unpaired) electrons. The molecule has 40 heavy (non-hydrogen) atoms. The molecule has 1 aliphatic heterocycles. The van der Waals surface area contributed by atoms with Gasteiger partial charge in [-0.05, 0) is 71.5 Å². The van der Waals surface area contributed by atoms with Gasteiger partial charge in [0.05, 0.1) is 37.0 Å². The molecule has 1 amide bonds. The number of sulfonamides is 1. The van der Waals surface area contributed by atoms with Crippen molar-refractivity contribution >= 4 is 33.3 Å². The average molecular weight is 568 g/mol. The fraction of sp³-hybridized carbons (Fsp3) is 0.310. The van der Waals surface area contributed by atoms with Crippen molar-refractivity contribution in [3.63, 3.8) is 0 Å². The van der Waals surface area contributed by atoms with Crippen molar-refractivity contribution in [3.05, 3.63) is 77.4 Å². The molecule has 2 atom stereocenters. The molecular weight excluding hydrogens is 534 g/mol. The molecule has 4 rings (SSSR count). The predicted molar refractivity (Wildman–Crippen MR) is 152 cm³/mol. The topological polar surface area (TPSA) is 154 Å². The fourth-order valence-electron chi connectivity index (χ4n) is 4.62. The average Bonchev–Trinajstić information content (AvgIpc) is 2.89. The first-order valence-electron chi connectivity index (χ1n) is 12.9. The third-order valence-corrected chi connectivity index (χ3v) is 7.14. The van der Waals surface area contributed by atoms with Crippen LogP contribution in [0.15, 0.2) is 60.7 Å². The number of anilines is 2. The Morgan fingerprint density at radius 3 is 2.65 bits per heavy atom. The van der Waals surface area contributed by atoms with Crippen molar-refractivity contribution < 1.29 is 33.0 Å². The van der Waals surface area contributed by atoms with E-state index in [1.165, 1.54) is 18.2 Å². The van der Waals surface area contributed by atoms with Crippen LogP contribution in [0.25, 0.3) is 11.1 Å². The minimum Gasteiger partial charge on any atom is -0.506 e. The minimum absolute atomic E-state index is 0.00331. The van der Waals surface area contributed by atoms with Crippen LogP contribution in [-0.2, 0) is 37.3 Å². The lowest BCUT2D eigenvalue weighted by molar-refractivity contribution is -0.145. The van der Waals surface area contributed by atoms with Gasteiger partial charge >= 0.3 is 5.97 Å². The van der Waals surface area contributed by atoms with Gasteiger partial charge in [0.25, 0.3) is 0 Å². The van der Waals surface area contributed by atoms with Gasteiger partial charge in [-0.3, -0.25) is 14.3 Å². The van der Waals surface area contributed by atoms with Gasteiger partial charge in [0.1, 0.15) is 5.75 Å². The monoisotopic (exact) mass is 567 g/mol. The summed E-state index contributed by atoms with van der Waals surface area (Å²) in [5.41, 5.74) is 5.09. The van der Waals surface area contributed by atoms with Crippen LogP contribution in [0.1, 0.15) is 36.1 Å². The Labute approximate surface area is 233 Å². The molecule has 0 aliphatic carbocycles. The number of fused-ring (bicyclic) bond motifs is 1. The SMILES string of the molecule is CCOC(=O)CC1Cc2cc(-c3cccc(CNCC(O)c4ccc(O)c(NS(C)(=O)=O)c4)c3)ccc2NC1=O. The van der Waals surface area contributed by atoms with Crippen molar-refractivity contribution in [3.8, 4) is 16.9 Å². The normalized spacial score (nSPS) is 15.6. The Morgan fingerprint density at radius 2 is 1.90 bits per heavy atom. The number of phenolic OH excluding ortho intramolecular Hbond substituents is 1. The van der Waals surface area contributed by atoms with Crippen LogP contribution < -0.4 is 15.4 Å². The van der Waals surface area contributed by atoms with Crippen molar-refractivity contribution in [2.45, 2.75) is 32.4 Å². The van der Waals surface area contributed by atoms with Gasteiger partial charge in [0.15, 0.2) is 0 Å². The molecule has 0 saturated carbocycles. The van der Waals surface area contributed by atoms with E-state index in [-0.39, 0.29) is 42.9 Å². The summed E-state index contributed by atoms with van der Waals surface area (Å²) in [5, 5.41) is 26.6. The quantitative estimate of drug-likeness (QED) is 0.175. The third kappa shape index (κ3) is 7.59. The summed E-state index contributed by atoms with van der Waals surface area (Å²) >= 11 is 0. The van der Waals surface area contributed by atoms with Crippen LogP contribution in [0.2, 0.25) is 0 Å². The predicted octanol–water partition coefficient (Wildman–Crippen LogP) is 3.32. The fourth-order valence-corrected chi connectivity index (χ4v) is 5.18. The number of ether oxygens (including phenoxy) is 1. The zero-order valence-corrected chi connectivity index (χ0v) is 23.1. The lowest BCUT2D eigenvalue weighted by Gasteiger charge is -2.24. The molecule has 0 bridgehead atoms. The number of hydrogen-bond acceptors (Lipinski definition) is 8. The van der Waals surface area contributed by atoms with E-state index >= 15 is 0 Å². The van der Waals surface area contributed by atoms with Crippen LogP contribution in [-0.4, -0.2) is 49.9 Å². The minimum atomic E-state index is -3.58. The first kappa shape index (κ1) is 29.1. The van der Waals surface area contributed by atoms with Crippen LogP contribution in [0, 0.1) is 5.92 Å².